The first kappa shape index (κ1) is 11.8. The van der Waals surface area contributed by atoms with Gasteiger partial charge in [-0.2, -0.15) is 0 Å². The first-order valence-electron chi connectivity index (χ1n) is 5.42. The van der Waals surface area contributed by atoms with Gasteiger partial charge in [-0.3, -0.25) is 0 Å². The number of hydrogen-bond acceptors (Lipinski definition) is 6. The number of nitrogens with two attached hydrogens (primary N) is 1. The maximum atomic E-state index is 5.37. The molecule has 4 N–H and O–H groups in total. The van der Waals surface area contributed by atoms with E-state index >= 15 is 0 Å². The second-order valence-electron chi connectivity index (χ2n) is 3.49. The van der Waals surface area contributed by atoms with Crippen molar-refractivity contribution in [1.29, 1.82) is 0 Å². The molecule has 0 aliphatic rings. The number of nitrogens with one attached hydrogen (secondary N) is 2. The van der Waals surface area contributed by atoms with Crippen LogP contribution in [0.3, 0.4) is 0 Å². The number of aryl methyl sites for hydroxylation is 1. The third-order valence-electron chi connectivity index (χ3n) is 2.26. The van der Waals surface area contributed by atoms with E-state index in [1.54, 1.807) is 17.4 Å². The van der Waals surface area contributed by atoms with Gasteiger partial charge < -0.3 is 10.7 Å². The molecule has 0 aliphatic heterocycles. The Bertz CT molecular complexity index is 446. The minimum absolute atomic E-state index is 0.630. The number of anilines is 2. The molecular weight excluding hydrogens is 234 g/mol. The third kappa shape index (κ3) is 3.15. The fourth-order valence-electron chi connectivity index (χ4n) is 1.41. The van der Waals surface area contributed by atoms with Crippen molar-refractivity contribution in [2.75, 3.05) is 10.7 Å². The maximum Gasteiger partial charge on any atom is 0.145 e. The van der Waals surface area contributed by atoms with Crippen LogP contribution < -0.4 is 16.6 Å². The molecule has 0 bridgehead atoms. The van der Waals surface area contributed by atoms with Crippen molar-refractivity contribution in [2.45, 2.75) is 19.9 Å². The van der Waals surface area contributed by atoms with E-state index in [9.17, 15) is 0 Å². The van der Waals surface area contributed by atoms with Gasteiger partial charge in [0.1, 0.15) is 17.5 Å². The molecule has 0 atom stereocenters. The van der Waals surface area contributed by atoms with Gasteiger partial charge in [0.15, 0.2) is 0 Å². The predicted octanol–water partition coefficient (Wildman–Crippen LogP) is 2.00. The van der Waals surface area contributed by atoms with E-state index in [1.807, 2.05) is 13.0 Å². The Morgan fingerprint density at radius 1 is 1.35 bits per heavy atom. The summed E-state index contributed by atoms with van der Waals surface area (Å²) in [5, 5.41) is 5.32. The van der Waals surface area contributed by atoms with Crippen LogP contribution >= 0.6 is 11.3 Å². The van der Waals surface area contributed by atoms with E-state index in [4.69, 9.17) is 5.84 Å². The summed E-state index contributed by atoms with van der Waals surface area (Å²) in [6, 6.07) is 5.92. The van der Waals surface area contributed by atoms with Gasteiger partial charge in [0.05, 0.1) is 6.54 Å². The Morgan fingerprint density at radius 3 is 2.82 bits per heavy atom. The molecule has 90 valence electrons. The average Bonchev–Trinajstić information content (AvgIpc) is 2.89. The smallest absolute Gasteiger partial charge is 0.145 e. The summed E-state index contributed by atoms with van der Waals surface area (Å²) in [6.07, 6.45) is 0.781. The summed E-state index contributed by atoms with van der Waals surface area (Å²) in [7, 11) is 0. The summed E-state index contributed by atoms with van der Waals surface area (Å²) in [4.78, 5) is 9.88. The van der Waals surface area contributed by atoms with Gasteiger partial charge in [-0.25, -0.2) is 15.8 Å². The van der Waals surface area contributed by atoms with Crippen LogP contribution in [-0.2, 0) is 13.0 Å². The van der Waals surface area contributed by atoms with Crippen LogP contribution in [0.4, 0.5) is 11.6 Å². The molecule has 0 saturated carbocycles. The van der Waals surface area contributed by atoms with E-state index in [0.717, 1.165) is 24.6 Å². The zero-order chi connectivity index (χ0) is 12.1. The molecule has 0 radical (unpaired) electrons. The fourth-order valence-corrected chi connectivity index (χ4v) is 2.06. The molecule has 0 aliphatic carbocycles. The number of hydrazine groups is 1. The maximum absolute atomic E-state index is 5.37. The lowest BCUT2D eigenvalue weighted by molar-refractivity contribution is 0.932. The third-order valence-corrected chi connectivity index (χ3v) is 3.14. The summed E-state index contributed by atoms with van der Waals surface area (Å²) in [5.41, 5.74) is 2.55. The number of aromatic nitrogens is 2. The highest BCUT2D eigenvalue weighted by Gasteiger charge is 2.02. The van der Waals surface area contributed by atoms with Gasteiger partial charge >= 0.3 is 0 Å². The number of nitrogens with zero attached hydrogens (tertiary/aromatic N) is 2. The lowest BCUT2D eigenvalue weighted by Crippen LogP contribution is -2.12. The van der Waals surface area contributed by atoms with Crippen molar-refractivity contribution in [2.24, 2.45) is 5.84 Å². The second-order valence-corrected chi connectivity index (χ2v) is 4.52. The van der Waals surface area contributed by atoms with Gasteiger partial charge in [0.2, 0.25) is 0 Å². The molecule has 0 amide bonds. The van der Waals surface area contributed by atoms with Crippen LogP contribution in [0.2, 0.25) is 0 Å². The zero-order valence-corrected chi connectivity index (χ0v) is 10.4. The minimum atomic E-state index is 0.630. The molecule has 0 aromatic carbocycles. The van der Waals surface area contributed by atoms with E-state index in [0.29, 0.717) is 5.82 Å². The standard InChI is InChI=1S/C11H15N5S/c1-2-9-14-10(6-11(15-9)16-12)13-7-8-4-3-5-17-8/h3-6H,2,7,12H2,1H3,(H2,13,14,15,16). The van der Waals surface area contributed by atoms with E-state index in [2.05, 4.69) is 32.2 Å². The van der Waals surface area contributed by atoms with Crippen molar-refractivity contribution in [1.82, 2.24) is 9.97 Å². The van der Waals surface area contributed by atoms with E-state index < -0.39 is 0 Å². The van der Waals surface area contributed by atoms with Crippen LogP contribution in [0.1, 0.15) is 17.6 Å². The molecule has 0 unspecified atom stereocenters. The molecule has 2 rings (SSSR count). The van der Waals surface area contributed by atoms with Crippen molar-refractivity contribution in [3.63, 3.8) is 0 Å². The van der Waals surface area contributed by atoms with Gasteiger partial charge in [-0.15, -0.1) is 11.3 Å². The second kappa shape index (κ2) is 5.60. The first-order chi connectivity index (χ1) is 8.31. The molecule has 0 fully saturated rings. The predicted molar refractivity (Wildman–Crippen MR) is 70.9 cm³/mol. The topological polar surface area (TPSA) is 75.9 Å². The molecule has 6 heteroatoms. The average molecular weight is 249 g/mol. The van der Waals surface area contributed by atoms with Crippen molar-refractivity contribution in [3.8, 4) is 0 Å². The Morgan fingerprint density at radius 2 is 2.18 bits per heavy atom. The first-order valence-corrected chi connectivity index (χ1v) is 6.30. The highest BCUT2D eigenvalue weighted by atomic mass is 32.1. The van der Waals surface area contributed by atoms with E-state index in [-0.39, 0.29) is 0 Å². The van der Waals surface area contributed by atoms with Crippen molar-refractivity contribution < 1.29 is 0 Å². The zero-order valence-electron chi connectivity index (χ0n) is 9.60. The normalized spacial score (nSPS) is 10.2. The number of rotatable bonds is 5. The van der Waals surface area contributed by atoms with Crippen molar-refractivity contribution in [3.05, 3.63) is 34.3 Å². The van der Waals surface area contributed by atoms with Gasteiger partial charge in [-0.05, 0) is 11.4 Å². The van der Waals surface area contributed by atoms with Crippen LogP contribution in [0.15, 0.2) is 23.6 Å². The lowest BCUT2D eigenvalue weighted by atomic mass is 10.4. The quantitative estimate of drug-likeness (QED) is 0.558. The molecule has 17 heavy (non-hydrogen) atoms. The Hall–Kier alpha value is -1.66. The SMILES string of the molecule is CCc1nc(NN)cc(NCc2cccs2)n1. The van der Waals surface area contributed by atoms with Gasteiger partial charge in [-0.1, -0.05) is 13.0 Å². The molecule has 5 nitrogen and oxygen atoms in total. The number of thiophene rings is 1. The molecule has 2 aromatic rings. The summed E-state index contributed by atoms with van der Waals surface area (Å²) in [5.74, 6) is 7.56. The summed E-state index contributed by atoms with van der Waals surface area (Å²) in [6.45, 7) is 2.78. The Balaban J connectivity index is 2.09. The summed E-state index contributed by atoms with van der Waals surface area (Å²) >= 11 is 1.72. The minimum Gasteiger partial charge on any atom is -0.365 e. The van der Waals surface area contributed by atoms with Crippen molar-refractivity contribution >= 4 is 23.0 Å². The number of hydrogen-bond donors (Lipinski definition) is 3. The van der Waals surface area contributed by atoms with E-state index in [1.165, 1.54) is 4.88 Å². The van der Waals surface area contributed by atoms with Crippen LogP contribution in [0.5, 0.6) is 0 Å². The molecule has 0 saturated heterocycles. The molecular formula is C11H15N5S. The molecule has 0 spiro atoms. The Labute approximate surface area is 104 Å². The Kier molecular flexibility index (Phi) is 3.89. The highest BCUT2D eigenvalue weighted by molar-refractivity contribution is 7.09. The summed E-state index contributed by atoms with van der Waals surface area (Å²) < 4.78 is 0. The fraction of sp³-hybridized carbons (Fsp3) is 0.273. The van der Waals surface area contributed by atoms with Gasteiger partial charge in [0.25, 0.3) is 0 Å². The lowest BCUT2D eigenvalue weighted by Gasteiger charge is -2.08. The van der Waals surface area contributed by atoms with Gasteiger partial charge in [0, 0.05) is 17.4 Å². The largest absolute Gasteiger partial charge is 0.365 e. The van der Waals surface area contributed by atoms with Crippen LogP contribution in [0.25, 0.3) is 0 Å². The molecule has 2 heterocycles. The van der Waals surface area contributed by atoms with Crippen LogP contribution in [-0.4, -0.2) is 9.97 Å². The number of nitrogen functional groups attached to an aromatic ring is 1. The molecule has 2 aromatic heterocycles. The van der Waals surface area contributed by atoms with Crippen LogP contribution in [0, 0.1) is 0 Å². The highest BCUT2D eigenvalue weighted by Crippen LogP contribution is 2.14. The monoisotopic (exact) mass is 249 g/mol.